The van der Waals surface area contributed by atoms with E-state index in [1.165, 1.54) is 0 Å². The number of aromatic nitrogens is 1. The Morgan fingerprint density at radius 1 is 1.25 bits per heavy atom. The Morgan fingerprint density at radius 3 is 2.88 bits per heavy atom. The number of para-hydroxylation sites is 1. The van der Waals surface area contributed by atoms with Gasteiger partial charge >= 0.3 is 0 Å². The lowest BCUT2D eigenvalue weighted by Crippen LogP contribution is -2.10. The predicted octanol–water partition coefficient (Wildman–Crippen LogP) is 2.20. The Balaban J connectivity index is 2.10. The average Bonchev–Trinajstić information content (AvgIpc) is 2.28. The Hall–Kier alpha value is -1.55. The van der Waals surface area contributed by atoms with E-state index < -0.39 is 0 Å². The van der Waals surface area contributed by atoms with E-state index in [1.807, 2.05) is 36.4 Å². The number of amides is 1. The van der Waals surface area contributed by atoms with Gasteiger partial charge in [0.2, 0.25) is 5.91 Å². The molecule has 2 rings (SSSR count). The van der Waals surface area contributed by atoms with Crippen molar-refractivity contribution in [1.82, 2.24) is 4.98 Å². The van der Waals surface area contributed by atoms with Gasteiger partial charge in [-0.2, -0.15) is 0 Å². The average molecular weight is 232 g/mol. The molecule has 3 nitrogen and oxygen atoms in total. The third-order valence-electron chi connectivity index (χ3n) is 2.17. The second-order valence-corrected chi connectivity index (χ2v) is 4.52. The molecule has 4 heteroatoms. The first-order valence-corrected chi connectivity index (χ1v) is 6.01. The second kappa shape index (κ2) is 4.99. The zero-order valence-corrected chi connectivity index (χ0v) is 9.54. The molecular weight excluding hydrogens is 220 g/mol. The summed E-state index contributed by atoms with van der Waals surface area (Å²) in [6, 6.07) is 12.0. The van der Waals surface area contributed by atoms with Crippen molar-refractivity contribution in [3.8, 4) is 0 Å². The largest absolute Gasteiger partial charge is 0.370 e. The maximum atomic E-state index is 10.6. The number of thioether (sulfide) groups is 1. The van der Waals surface area contributed by atoms with Crippen LogP contribution in [0.15, 0.2) is 41.4 Å². The van der Waals surface area contributed by atoms with Crippen LogP contribution in [0.3, 0.4) is 0 Å². The fraction of sp³-hybridized carbons (Fsp3) is 0.167. The number of pyridine rings is 1. The number of nitrogens with two attached hydrogens (primary N) is 1. The van der Waals surface area contributed by atoms with Crippen LogP contribution in [-0.2, 0) is 4.79 Å². The molecule has 1 aromatic carbocycles. The standard InChI is InChI=1S/C12H12N2OS/c13-11(15)7-8-16-12-6-5-9-3-1-2-4-10(9)14-12/h1-6H,7-8H2,(H2,13,15). The van der Waals surface area contributed by atoms with E-state index in [4.69, 9.17) is 5.73 Å². The molecule has 2 N–H and O–H groups in total. The van der Waals surface area contributed by atoms with Crippen molar-refractivity contribution in [2.75, 3.05) is 5.75 Å². The van der Waals surface area contributed by atoms with E-state index in [-0.39, 0.29) is 5.91 Å². The molecule has 2 aromatic rings. The molecule has 0 spiro atoms. The summed E-state index contributed by atoms with van der Waals surface area (Å²) >= 11 is 1.55. The fourth-order valence-electron chi connectivity index (χ4n) is 1.38. The molecule has 0 atom stereocenters. The van der Waals surface area contributed by atoms with Crippen molar-refractivity contribution >= 4 is 28.6 Å². The number of benzene rings is 1. The van der Waals surface area contributed by atoms with E-state index in [9.17, 15) is 4.79 Å². The first-order valence-electron chi connectivity index (χ1n) is 5.02. The lowest BCUT2D eigenvalue weighted by Gasteiger charge is -2.01. The first kappa shape index (κ1) is 11.0. The molecule has 0 unspecified atom stereocenters. The summed E-state index contributed by atoms with van der Waals surface area (Å²) in [5.74, 6) is 0.411. The minimum Gasteiger partial charge on any atom is -0.370 e. The number of hydrogen-bond acceptors (Lipinski definition) is 3. The maximum absolute atomic E-state index is 10.6. The van der Waals surface area contributed by atoms with E-state index in [1.54, 1.807) is 11.8 Å². The normalized spacial score (nSPS) is 10.5. The highest BCUT2D eigenvalue weighted by molar-refractivity contribution is 7.99. The van der Waals surface area contributed by atoms with Crippen molar-refractivity contribution < 1.29 is 4.79 Å². The Bertz CT molecular complexity index is 513. The van der Waals surface area contributed by atoms with Crippen LogP contribution in [0, 0.1) is 0 Å². The van der Waals surface area contributed by atoms with Gasteiger partial charge in [0.1, 0.15) is 0 Å². The molecule has 1 amide bonds. The molecule has 0 saturated carbocycles. The third kappa shape index (κ3) is 2.73. The van der Waals surface area contributed by atoms with Crippen LogP contribution in [0.2, 0.25) is 0 Å². The lowest BCUT2D eigenvalue weighted by atomic mass is 10.2. The van der Waals surface area contributed by atoms with Crippen LogP contribution in [-0.4, -0.2) is 16.6 Å². The number of carbonyl (C=O) groups excluding carboxylic acids is 1. The molecule has 0 bridgehead atoms. The number of nitrogens with zero attached hydrogens (tertiary/aromatic N) is 1. The van der Waals surface area contributed by atoms with Crippen LogP contribution in [0.25, 0.3) is 10.9 Å². The lowest BCUT2D eigenvalue weighted by molar-refractivity contribution is -0.117. The number of carbonyl (C=O) groups is 1. The quantitative estimate of drug-likeness (QED) is 0.822. The molecule has 0 aliphatic heterocycles. The third-order valence-corrected chi connectivity index (χ3v) is 3.10. The molecule has 82 valence electrons. The summed E-state index contributed by atoms with van der Waals surface area (Å²) in [6.45, 7) is 0. The van der Waals surface area contributed by atoms with Gasteiger partial charge in [0, 0.05) is 17.6 Å². The van der Waals surface area contributed by atoms with Crippen molar-refractivity contribution in [1.29, 1.82) is 0 Å². The summed E-state index contributed by atoms with van der Waals surface area (Å²) < 4.78 is 0. The molecule has 1 aromatic heterocycles. The first-order chi connectivity index (χ1) is 7.75. The zero-order chi connectivity index (χ0) is 11.4. The van der Waals surface area contributed by atoms with Gasteiger partial charge in [-0.3, -0.25) is 4.79 Å². The number of primary amides is 1. The second-order valence-electron chi connectivity index (χ2n) is 3.41. The molecule has 0 saturated heterocycles. The molecule has 0 radical (unpaired) electrons. The Kier molecular flexibility index (Phi) is 3.41. The topological polar surface area (TPSA) is 56.0 Å². The molecule has 0 fully saturated rings. The highest BCUT2D eigenvalue weighted by Crippen LogP contribution is 2.20. The predicted molar refractivity (Wildman–Crippen MR) is 66.3 cm³/mol. The SMILES string of the molecule is NC(=O)CCSc1ccc2ccccc2n1. The van der Waals surface area contributed by atoms with Gasteiger partial charge in [0.25, 0.3) is 0 Å². The number of hydrogen-bond donors (Lipinski definition) is 1. The van der Waals surface area contributed by atoms with Crippen LogP contribution in [0.4, 0.5) is 0 Å². The minimum atomic E-state index is -0.270. The van der Waals surface area contributed by atoms with Gasteiger partial charge in [0.05, 0.1) is 10.5 Å². The van der Waals surface area contributed by atoms with Gasteiger partial charge in [-0.1, -0.05) is 24.3 Å². The smallest absolute Gasteiger partial charge is 0.218 e. The monoisotopic (exact) mass is 232 g/mol. The molecule has 0 aliphatic rings. The molecular formula is C12H12N2OS. The van der Waals surface area contributed by atoms with Crippen molar-refractivity contribution in [3.05, 3.63) is 36.4 Å². The van der Waals surface area contributed by atoms with Crippen LogP contribution in [0.1, 0.15) is 6.42 Å². The fourth-order valence-corrected chi connectivity index (χ4v) is 2.22. The van der Waals surface area contributed by atoms with Crippen molar-refractivity contribution in [2.45, 2.75) is 11.4 Å². The number of rotatable bonds is 4. The van der Waals surface area contributed by atoms with Crippen LogP contribution in [0.5, 0.6) is 0 Å². The van der Waals surface area contributed by atoms with Gasteiger partial charge in [0.15, 0.2) is 0 Å². The van der Waals surface area contributed by atoms with Gasteiger partial charge in [-0.25, -0.2) is 4.98 Å². The Morgan fingerprint density at radius 2 is 2.06 bits per heavy atom. The molecule has 1 heterocycles. The summed E-state index contributed by atoms with van der Waals surface area (Å²) in [4.78, 5) is 15.1. The summed E-state index contributed by atoms with van der Waals surface area (Å²) in [7, 11) is 0. The van der Waals surface area contributed by atoms with Crippen LogP contribution >= 0.6 is 11.8 Å². The Labute approximate surface area is 98.1 Å². The molecule has 16 heavy (non-hydrogen) atoms. The van der Waals surface area contributed by atoms with Gasteiger partial charge in [-0.05, 0) is 12.1 Å². The van der Waals surface area contributed by atoms with Gasteiger partial charge < -0.3 is 5.73 Å². The zero-order valence-electron chi connectivity index (χ0n) is 8.72. The highest BCUT2D eigenvalue weighted by atomic mass is 32.2. The summed E-state index contributed by atoms with van der Waals surface area (Å²) in [5, 5.41) is 2.06. The van der Waals surface area contributed by atoms with E-state index >= 15 is 0 Å². The maximum Gasteiger partial charge on any atom is 0.218 e. The van der Waals surface area contributed by atoms with E-state index in [2.05, 4.69) is 4.98 Å². The van der Waals surface area contributed by atoms with E-state index in [0.717, 1.165) is 15.9 Å². The van der Waals surface area contributed by atoms with Gasteiger partial charge in [-0.15, -0.1) is 11.8 Å². The summed E-state index contributed by atoms with van der Waals surface area (Å²) in [5.41, 5.74) is 6.05. The van der Waals surface area contributed by atoms with Crippen LogP contribution < -0.4 is 5.73 Å². The summed E-state index contributed by atoms with van der Waals surface area (Å²) in [6.07, 6.45) is 0.388. The highest BCUT2D eigenvalue weighted by Gasteiger charge is 2.00. The minimum absolute atomic E-state index is 0.270. The van der Waals surface area contributed by atoms with E-state index in [0.29, 0.717) is 12.2 Å². The number of fused-ring (bicyclic) bond motifs is 1. The van der Waals surface area contributed by atoms with Crippen molar-refractivity contribution in [2.24, 2.45) is 5.73 Å². The molecule has 0 aliphatic carbocycles. The van der Waals surface area contributed by atoms with Crippen molar-refractivity contribution in [3.63, 3.8) is 0 Å².